The Morgan fingerprint density at radius 3 is 2.41 bits per heavy atom. The first kappa shape index (κ1) is 19.9. The number of benzene rings is 2. The average molecular weight is 372 g/mol. The van der Waals surface area contributed by atoms with E-state index in [1.54, 1.807) is 0 Å². The van der Waals surface area contributed by atoms with Crippen molar-refractivity contribution < 1.29 is 24.4 Å². The van der Waals surface area contributed by atoms with Crippen molar-refractivity contribution >= 4 is 17.4 Å². The number of ether oxygens (including phenoxy) is 2. The van der Waals surface area contributed by atoms with Crippen LogP contribution >= 0.6 is 0 Å². The number of carbonyl (C=O) groups excluding carboxylic acids is 1. The van der Waals surface area contributed by atoms with Crippen molar-refractivity contribution in [1.82, 2.24) is 0 Å². The fourth-order valence-corrected chi connectivity index (χ4v) is 2.25. The number of non-ortho nitro benzene ring substituents is 1. The lowest BCUT2D eigenvalue weighted by atomic mass is 10.1. The molecule has 0 heterocycles. The summed E-state index contributed by atoms with van der Waals surface area (Å²) in [5.41, 5.74) is 0.807. The van der Waals surface area contributed by atoms with Crippen LogP contribution in [-0.4, -0.2) is 28.4 Å². The molecule has 0 aliphatic heterocycles. The number of carbonyl (C=O) groups is 1. The van der Waals surface area contributed by atoms with E-state index in [0.29, 0.717) is 25.2 Å². The molecule has 0 amide bonds. The molecule has 8 nitrogen and oxygen atoms in total. The molecule has 0 aliphatic carbocycles. The van der Waals surface area contributed by atoms with Crippen molar-refractivity contribution in [2.24, 2.45) is 5.16 Å². The quantitative estimate of drug-likeness (QED) is 0.170. The van der Waals surface area contributed by atoms with Crippen LogP contribution in [0.3, 0.4) is 0 Å². The Kier molecular flexibility index (Phi) is 7.77. The smallest absolute Gasteiger partial charge is 0.356 e. The number of esters is 1. The van der Waals surface area contributed by atoms with Crippen LogP contribution in [-0.2, 0) is 16.1 Å². The van der Waals surface area contributed by atoms with Gasteiger partial charge >= 0.3 is 5.97 Å². The third-order valence-electron chi connectivity index (χ3n) is 3.69. The van der Waals surface area contributed by atoms with Gasteiger partial charge in [0.1, 0.15) is 12.4 Å². The van der Waals surface area contributed by atoms with Crippen molar-refractivity contribution in [3.05, 3.63) is 70.3 Å². The van der Waals surface area contributed by atoms with Crippen molar-refractivity contribution in [1.29, 1.82) is 0 Å². The van der Waals surface area contributed by atoms with Crippen molar-refractivity contribution in [2.45, 2.75) is 25.9 Å². The Morgan fingerprint density at radius 1 is 1.07 bits per heavy atom. The Morgan fingerprint density at radius 2 is 1.78 bits per heavy atom. The highest BCUT2D eigenvalue weighted by atomic mass is 16.6. The van der Waals surface area contributed by atoms with Crippen LogP contribution in [0.1, 0.15) is 24.8 Å². The molecule has 0 bridgehead atoms. The van der Waals surface area contributed by atoms with Crippen molar-refractivity contribution in [3.63, 3.8) is 0 Å². The lowest BCUT2D eigenvalue weighted by Gasteiger charge is -2.07. The summed E-state index contributed by atoms with van der Waals surface area (Å²) in [6.07, 6.45) is 1.43. The van der Waals surface area contributed by atoms with E-state index in [-0.39, 0.29) is 24.4 Å². The number of unbranched alkanes of at least 4 members (excludes halogenated alkanes) is 1. The van der Waals surface area contributed by atoms with Crippen LogP contribution in [0.2, 0.25) is 0 Å². The zero-order valence-corrected chi connectivity index (χ0v) is 14.6. The summed E-state index contributed by atoms with van der Waals surface area (Å²) in [7, 11) is 0. The maximum absolute atomic E-state index is 11.9. The van der Waals surface area contributed by atoms with Gasteiger partial charge in [-0.05, 0) is 30.5 Å². The highest BCUT2D eigenvalue weighted by Gasteiger charge is 2.14. The minimum Gasteiger partial charge on any atom is -0.494 e. The molecule has 2 aromatic carbocycles. The second-order valence-corrected chi connectivity index (χ2v) is 5.67. The molecule has 2 aromatic rings. The van der Waals surface area contributed by atoms with E-state index in [2.05, 4.69) is 5.16 Å². The number of hydrogen-bond acceptors (Lipinski definition) is 7. The van der Waals surface area contributed by atoms with Gasteiger partial charge in [0.15, 0.2) is 5.71 Å². The molecule has 1 N–H and O–H groups in total. The van der Waals surface area contributed by atoms with E-state index in [0.717, 1.165) is 5.56 Å². The van der Waals surface area contributed by atoms with Gasteiger partial charge in [0, 0.05) is 18.6 Å². The zero-order valence-electron chi connectivity index (χ0n) is 14.6. The number of nitro groups is 1. The first-order valence-electron chi connectivity index (χ1n) is 8.39. The van der Waals surface area contributed by atoms with Crippen molar-refractivity contribution in [2.75, 3.05) is 6.61 Å². The molecule has 142 valence electrons. The Bertz CT molecular complexity index is 775. The number of oxime groups is 1. The average Bonchev–Trinajstić information content (AvgIpc) is 2.70. The molecular formula is C19H20N2O6. The van der Waals surface area contributed by atoms with Crippen LogP contribution in [0.15, 0.2) is 59.8 Å². The second-order valence-electron chi connectivity index (χ2n) is 5.67. The fraction of sp³-hybridized carbons (Fsp3) is 0.263. The number of hydrogen-bond donors (Lipinski definition) is 1. The standard InChI is InChI=1S/C19H20N2O6/c22-19(27-14-15-6-2-1-3-7-15)18(20-23)8-4-5-13-26-17-11-9-16(10-12-17)21(24)25/h1-3,6-7,9-12,23H,4-5,8,13-14H2. The maximum Gasteiger partial charge on any atom is 0.356 e. The van der Waals surface area contributed by atoms with Crippen LogP contribution in [0.5, 0.6) is 5.75 Å². The molecule has 8 heteroatoms. The highest BCUT2D eigenvalue weighted by Crippen LogP contribution is 2.17. The molecule has 0 saturated heterocycles. The van der Waals surface area contributed by atoms with Gasteiger partial charge in [-0.15, -0.1) is 0 Å². The zero-order chi connectivity index (χ0) is 19.5. The first-order chi connectivity index (χ1) is 13.1. The van der Waals surface area contributed by atoms with Gasteiger partial charge in [-0.2, -0.15) is 0 Å². The molecule has 2 rings (SSSR count). The summed E-state index contributed by atoms with van der Waals surface area (Å²) in [5, 5.41) is 22.6. The largest absolute Gasteiger partial charge is 0.494 e. The summed E-state index contributed by atoms with van der Waals surface area (Å²) in [6, 6.07) is 15.0. The SMILES string of the molecule is O=C(OCc1ccccc1)C(CCCCOc1ccc([N+](=O)[O-])cc1)=NO. The maximum atomic E-state index is 11.9. The van der Waals surface area contributed by atoms with Crippen LogP contribution in [0, 0.1) is 10.1 Å². The summed E-state index contributed by atoms with van der Waals surface area (Å²) in [6.45, 7) is 0.484. The minimum absolute atomic E-state index is 0.000152. The Labute approximate surface area is 156 Å². The predicted octanol–water partition coefficient (Wildman–Crippen LogP) is 3.72. The monoisotopic (exact) mass is 372 g/mol. The number of nitrogens with zero attached hydrogens (tertiary/aromatic N) is 2. The summed E-state index contributed by atoms with van der Waals surface area (Å²) in [5.74, 6) is -0.128. The molecule has 0 spiro atoms. The normalized spacial score (nSPS) is 11.0. The summed E-state index contributed by atoms with van der Waals surface area (Å²) in [4.78, 5) is 22.0. The molecule has 27 heavy (non-hydrogen) atoms. The molecule has 0 unspecified atom stereocenters. The number of rotatable bonds is 10. The summed E-state index contributed by atoms with van der Waals surface area (Å²) < 4.78 is 10.6. The van der Waals surface area contributed by atoms with Gasteiger partial charge in [0.2, 0.25) is 0 Å². The lowest BCUT2D eigenvalue weighted by molar-refractivity contribution is -0.384. The second kappa shape index (κ2) is 10.5. The highest BCUT2D eigenvalue weighted by molar-refractivity contribution is 6.36. The van der Waals surface area contributed by atoms with Gasteiger partial charge in [0.25, 0.3) is 5.69 Å². The Balaban J connectivity index is 1.66. The number of nitro benzene ring substituents is 1. The third kappa shape index (κ3) is 6.77. The van der Waals surface area contributed by atoms with Gasteiger partial charge in [0.05, 0.1) is 11.5 Å². The van der Waals surface area contributed by atoms with Gasteiger partial charge in [-0.1, -0.05) is 35.5 Å². The molecular weight excluding hydrogens is 352 g/mol. The van der Waals surface area contributed by atoms with Gasteiger partial charge in [-0.25, -0.2) is 4.79 Å². The third-order valence-corrected chi connectivity index (χ3v) is 3.69. The summed E-state index contributed by atoms with van der Waals surface area (Å²) >= 11 is 0. The van der Waals surface area contributed by atoms with Crippen molar-refractivity contribution in [3.8, 4) is 5.75 Å². The van der Waals surface area contributed by atoms with Gasteiger partial charge < -0.3 is 14.7 Å². The van der Waals surface area contributed by atoms with E-state index in [9.17, 15) is 14.9 Å². The lowest BCUT2D eigenvalue weighted by Crippen LogP contribution is -2.18. The van der Waals surface area contributed by atoms with Crippen LogP contribution in [0.4, 0.5) is 5.69 Å². The molecule has 0 radical (unpaired) electrons. The van der Waals surface area contributed by atoms with Gasteiger partial charge in [-0.3, -0.25) is 10.1 Å². The van der Waals surface area contributed by atoms with E-state index in [4.69, 9.17) is 14.7 Å². The fourth-order valence-electron chi connectivity index (χ4n) is 2.25. The molecule has 0 aliphatic rings. The topological polar surface area (TPSA) is 111 Å². The van der Waals surface area contributed by atoms with E-state index in [1.165, 1.54) is 24.3 Å². The molecule has 0 saturated carbocycles. The van der Waals surface area contributed by atoms with E-state index in [1.807, 2.05) is 30.3 Å². The molecule has 0 fully saturated rings. The first-order valence-corrected chi connectivity index (χ1v) is 8.39. The van der Waals surface area contributed by atoms with Crippen LogP contribution < -0.4 is 4.74 Å². The van der Waals surface area contributed by atoms with Crippen LogP contribution in [0.25, 0.3) is 0 Å². The predicted molar refractivity (Wildman–Crippen MR) is 97.9 cm³/mol. The molecule has 0 aromatic heterocycles. The molecule has 0 atom stereocenters. The Hall–Kier alpha value is -3.42. The van der Waals surface area contributed by atoms with E-state index < -0.39 is 10.9 Å². The minimum atomic E-state index is -0.655. The van der Waals surface area contributed by atoms with E-state index >= 15 is 0 Å².